The molecule has 0 amide bonds. The first-order valence-electron chi connectivity index (χ1n) is 3.54. The zero-order chi connectivity index (χ0) is 7.56. The summed E-state index contributed by atoms with van der Waals surface area (Å²) in [6, 6.07) is 0. The van der Waals surface area contributed by atoms with E-state index in [-0.39, 0.29) is 12.2 Å². The number of carbonyl (C=O) groups excluding carboxylic acids is 1. The number of aldehydes is 1. The minimum Gasteiger partial charge on any atom is -0.370 e. The molecule has 0 saturated heterocycles. The maximum absolute atomic E-state index is 10.3. The molecule has 2 nitrogen and oxygen atoms in total. The van der Waals surface area contributed by atoms with Crippen molar-refractivity contribution in [2.24, 2.45) is 0 Å². The summed E-state index contributed by atoms with van der Waals surface area (Å²) in [6.07, 6.45) is 3.93. The van der Waals surface area contributed by atoms with Crippen LogP contribution in [0.25, 0.3) is 0 Å². The van der Waals surface area contributed by atoms with Crippen molar-refractivity contribution in [3.63, 3.8) is 0 Å². The lowest BCUT2D eigenvalue weighted by molar-refractivity contribution is -0.106. The van der Waals surface area contributed by atoms with E-state index in [2.05, 4.69) is 0 Å². The van der Waals surface area contributed by atoms with Crippen molar-refractivity contribution in [2.75, 3.05) is 0 Å². The van der Waals surface area contributed by atoms with Crippen LogP contribution in [0, 0.1) is 0 Å². The fourth-order valence-electron chi connectivity index (χ4n) is 1.09. The second-order valence-electron chi connectivity index (χ2n) is 2.65. The number of ether oxygens (including phenoxy) is 1. The Labute approximate surface area is 60.9 Å². The molecule has 1 aliphatic rings. The van der Waals surface area contributed by atoms with Crippen LogP contribution < -0.4 is 0 Å². The van der Waals surface area contributed by atoms with E-state index in [1.54, 1.807) is 0 Å². The smallest absolute Gasteiger partial charge is 0.148 e. The van der Waals surface area contributed by atoms with Gasteiger partial charge in [-0.3, -0.25) is 4.79 Å². The second-order valence-corrected chi connectivity index (χ2v) is 2.65. The van der Waals surface area contributed by atoms with Crippen molar-refractivity contribution in [2.45, 2.75) is 32.5 Å². The largest absolute Gasteiger partial charge is 0.370 e. The highest BCUT2D eigenvalue weighted by Crippen LogP contribution is 2.16. The van der Waals surface area contributed by atoms with Crippen LogP contribution in [-0.4, -0.2) is 18.5 Å². The van der Waals surface area contributed by atoms with Crippen molar-refractivity contribution in [3.8, 4) is 0 Å². The molecule has 56 valence electrons. The minimum atomic E-state index is -0.0127. The van der Waals surface area contributed by atoms with Crippen molar-refractivity contribution < 1.29 is 9.53 Å². The third-order valence-electron chi connectivity index (χ3n) is 1.73. The van der Waals surface area contributed by atoms with E-state index in [1.165, 1.54) is 0 Å². The highest BCUT2D eigenvalue weighted by Gasteiger charge is 2.16. The van der Waals surface area contributed by atoms with Gasteiger partial charge in [-0.25, -0.2) is 0 Å². The van der Waals surface area contributed by atoms with E-state index in [9.17, 15) is 4.79 Å². The molecule has 1 heterocycles. The minimum absolute atomic E-state index is 0.0127. The molecule has 0 unspecified atom stereocenters. The molecule has 0 aromatic heterocycles. The topological polar surface area (TPSA) is 26.3 Å². The SMILES string of the molecule is C[C@@H]1CC=C(C=O)[C@H](C)O1. The van der Waals surface area contributed by atoms with Gasteiger partial charge in [0.2, 0.25) is 0 Å². The average Bonchev–Trinajstić information content (AvgIpc) is 1.88. The third-order valence-corrected chi connectivity index (χ3v) is 1.73. The Hall–Kier alpha value is -0.630. The number of hydrogen-bond donors (Lipinski definition) is 0. The van der Waals surface area contributed by atoms with Crippen LogP contribution in [0.3, 0.4) is 0 Å². The Bertz CT molecular complexity index is 161. The fourth-order valence-corrected chi connectivity index (χ4v) is 1.09. The molecule has 0 spiro atoms. The lowest BCUT2D eigenvalue weighted by Gasteiger charge is -2.23. The Balaban J connectivity index is 2.65. The summed E-state index contributed by atoms with van der Waals surface area (Å²) < 4.78 is 5.39. The molecule has 10 heavy (non-hydrogen) atoms. The Morgan fingerprint density at radius 2 is 2.40 bits per heavy atom. The van der Waals surface area contributed by atoms with Gasteiger partial charge in [0, 0.05) is 5.57 Å². The van der Waals surface area contributed by atoms with Crippen LogP contribution in [0.15, 0.2) is 11.6 Å². The van der Waals surface area contributed by atoms with Gasteiger partial charge in [-0.2, -0.15) is 0 Å². The summed E-state index contributed by atoms with van der Waals surface area (Å²) in [4.78, 5) is 10.3. The van der Waals surface area contributed by atoms with Crippen molar-refractivity contribution in [1.29, 1.82) is 0 Å². The molecular formula is C8H12O2. The van der Waals surface area contributed by atoms with Gasteiger partial charge in [-0.1, -0.05) is 6.08 Å². The van der Waals surface area contributed by atoms with Gasteiger partial charge in [-0.05, 0) is 20.3 Å². The number of carbonyl (C=O) groups is 1. The summed E-state index contributed by atoms with van der Waals surface area (Å²) in [5, 5.41) is 0. The highest BCUT2D eigenvalue weighted by molar-refractivity contribution is 5.74. The number of rotatable bonds is 1. The van der Waals surface area contributed by atoms with Crippen molar-refractivity contribution in [3.05, 3.63) is 11.6 Å². The average molecular weight is 140 g/mol. The molecule has 2 heteroatoms. The number of hydrogen-bond acceptors (Lipinski definition) is 2. The van der Waals surface area contributed by atoms with Crippen LogP contribution in [-0.2, 0) is 9.53 Å². The first kappa shape index (κ1) is 7.48. The predicted molar refractivity (Wildman–Crippen MR) is 38.8 cm³/mol. The molecule has 0 radical (unpaired) electrons. The van der Waals surface area contributed by atoms with Gasteiger partial charge in [0.1, 0.15) is 6.29 Å². The standard InChI is InChI=1S/C8H12O2/c1-6-3-4-8(5-9)7(2)10-6/h4-7H,3H2,1-2H3/t6-,7+/m1/s1. The molecule has 0 aromatic carbocycles. The Morgan fingerprint density at radius 1 is 1.70 bits per heavy atom. The van der Waals surface area contributed by atoms with E-state index in [0.717, 1.165) is 18.3 Å². The highest BCUT2D eigenvalue weighted by atomic mass is 16.5. The van der Waals surface area contributed by atoms with E-state index >= 15 is 0 Å². The maximum Gasteiger partial charge on any atom is 0.148 e. The van der Waals surface area contributed by atoms with Crippen LogP contribution in [0.1, 0.15) is 20.3 Å². The molecule has 1 aliphatic heterocycles. The van der Waals surface area contributed by atoms with Gasteiger partial charge in [0.15, 0.2) is 0 Å². The third kappa shape index (κ3) is 1.45. The van der Waals surface area contributed by atoms with Crippen molar-refractivity contribution in [1.82, 2.24) is 0 Å². The summed E-state index contributed by atoms with van der Waals surface area (Å²) >= 11 is 0. The van der Waals surface area contributed by atoms with E-state index in [1.807, 2.05) is 19.9 Å². The molecule has 0 aromatic rings. The maximum atomic E-state index is 10.3. The molecule has 0 saturated carbocycles. The molecule has 0 fully saturated rings. The zero-order valence-electron chi connectivity index (χ0n) is 6.33. The summed E-state index contributed by atoms with van der Waals surface area (Å²) in [6.45, 7) is 3.91. The van der Waals surface area contributed by atoms with Gasteiger partial charge >= 0.3 is 0 Å². The first-order chi connectivity index (χ1) is 4.74. The monoisotopic (exact) mass is 140 g/mol. The predicted octanol–water partition coefficient (Wildman–Crippen LogP) is 1.31. The quantitative estimate of drug-likeness (QED) is 0.513. The van der Waals surface area contributed by atoms with E-state index < -0.39 is 0 Å². The Morgan fingerprint density at radius 3 is 2.90 bits per heavy atom. The van der Waals surface area contributed by atoms with Crippen molar-refractivity contribution >= 4 is 6.29 Å². The summed E-state index contributed by atoms with van der Waals surface area (Å²) in [5.74, 6) is 0. The normalized spacial score (nSPS) is 33.2. The van der Waals surface area contributed by atoms with Gasteiger partial charge in [0.25, 0.3) is 0 Å². The fraction of sp³-hybridized carbons (Fsp3) is 0.625. The molecule has 1 rings (SSSR count). The first-order valence-corrected chi connectivity index (χ1v) is 3.54. The van der Waals surface area contributed by atoms with Crippen LogP contribution in [0.5, 0.6) is 0 Å². The van der Waals surface area contributed by atoms with Gasteiger partial charge in [-0.15, -0.1) is 0 Å². The molecule has 2 atom stereocenters. The lowest BCUT2D eigenvalue weighted by atomic mass is 10.1. The van der Waals surface area contributed by atoms with E-state index in [0.29, 0.717) is 0 Å². The lowest BCUT2D eigenvalue weighted by Crippen LogP contribution is -2.23. The van der Waals surface area contributed by atoms with Gasteiger partial charge < -0.3 is 4.74 Å². The molecular weight excluding hydrogens is 128 g/mol. The molecule has 0 bridgehead atoms. The molecule has 0 aliphatic carbocycles. The Kier molecular flexibility index (Phi) is 2.22. The molecule has 0 N–H and O–H groups in total. The van der Waals surface area contributed by atoms with Gasteiger partial charge in [0.05, 0.1) is 12.2 Å². The van der Waals surface area contributed by atoms with Crippen LogP contribution >= 0.6 is 0 Å². The second kappa shape index (κ2) is 2.97. The van der Waals surface area contributed by atoms with Crippen LogP contribution in [0.2, 0.25) is 0 Å². The zero-order valence-corrected chi connectivity index (χ0v) is 6.33. The van der Waals surface area contributed by atoms with E-state index in [4.69, 9.17) is 4.74 Å². The summed E-state index contributed by atoms with van der Waals surface area (Å²) in [5.41, 5.74) is 0.776. The summed E-state index contributed by atoms with van der Waals surface area (Å²) in [7, 11) is 0. The van der Waals surface area contributed by atoms with Crippen LogP contribution in [0.4, 0.5) is 0 Å².